The van der Waals surface area contributed by atoms with E-state index in [1.165, 1.54) is 12.5 Å². The van der Waals surface area contributed by atoms with Crippen LogP contribution in [0.25, 0.3) is 0 Å². The van der Waals surface area contributed by atoms with E-state index in [1.807, 2.05) is 84.6 Å². The Kier molecular flexibility index (Phi) is 6.89. The summed E-state index contributed by atoms with van der Waals surface area (Å²) in [7, 11) is 0. The SMILES string of the molecule is Cc1ccc(NC(=O)c2coc(COc3ccc4c(c3)[C@H](c3ccccc3)N(C(=O)c3ccco3)CC4)n2)cc1. The standard InChI is InChI=1S/C32H27N3O5/c1-21-9-12-24(13-10-21)33-31(36)27-19-40-29(34-27)20-39-25-14-11-22-15-16-35(32(37)28-8-5-17-38-28)30(26(22)18-25)23-6-3-2-4-7-23/h2-14,17-19,30H,15-16,20H2,1H3,(H,33,36)/t30-/m0/s1. The highest BCUT2D eigenvalue weighted by molar-refractivity contribution is 6.02. The molecule has 0 saturated carbocycles. The highest BCUT2D eigenvalue weighted by atomic mass is 16.5. The van der Waals surface area contributed by atoms with E-state index in [0.717, 1.165) is 22.3 Å². The second-order valence-corrected chi connectivity index (χ2v) is 9.63. The summed E-state index contributed by atoms with van der Waals surface area (Å²) in [5.41, 5.74) is 5.08. The van der Waals surface area contributed by atoms with Crippen molar-refractivity contribution < 1.29 is 23.2 Å². The second-order valence-electron chi connectivity index (χ2n) is 9.63. The number of hydrogen-bond acceptors (Lipinski definition) is 6. The number of anilines is 1. The Balaban J connectivity index is 1.20. The summed E-state index contributed by atoms with van der Waals surface area (Å²) in [5, 5.41) is 2.81. The van der Waals surface area contributed by atoms with Crippen molar-refractivity contribution in [1.29, 1.82) is 0 Å². The van der Waals surface area contributed by atoms with Crippen LogP contribution in [0, 0.1) is 6.92 Å². The van der Waals surface area contributed by atoms with Gasteiger partial charge in [0.25, 0.3) is 11.8 Å². The minimum atomic E-state index is -0.361. The first-order valence-corrected chi connectivity index (χ1v) is 13.0. The predicted octanol–water partition coefficient (Wildman–Crippen LogP) is 6.20. The smallest absolute Gasteiger partial charge is 0.290 e. The van der Waals surface area contributed by atoms with E-state index in [4.69, 9.17) is 13.6 Å². The number of nitrogens with zero attached hydrogens (tertiary/aromatic N) is 2. The maximum atomic E-state index is 13.4. The van der Waals surface area contributed by atoms with Crippen LogP contribution in [0.3, 0.4) is 0 Å². The van der Waals surface area contributed by atoms with Gasteiger partial charge in [0.1, 0.15) is 12.0 Å². The number of fused-ring (bicyclic) bond motifs is 1. The minimum Gasteiger partial charge on any atom is -0.484 e. The van der Waals surface area contributed by atoms with Crippen molar-refractivity contribution in [2.24, 2.45) is 0 Å². The number of benzene rings is 3. The van der Waals surface area contributed by atoms with Crippen molar-refractivity contribution in [3.8, 4) is 5.75 Å². The van der Waals surface area contributed by atoms with Gasteiger partial charge in [-0.25, -0.2) is 4.98 Å². The molecule has 5 aromatic rings. The van der Waals surface area contributed by atoms with Crippen LogP contribution in [0.15, 0.2) is 106 Å². The molecule has 1 aliphatic rings. The van der Waals surface area contributed by atoms with E-state index < -0.39 is 0 Å². The Morgan fingerprint density at radius 3 is 2.60 bits per heavy atom. The molecule has 1 aliphatic heterocycles. The van der Waals surface area contributed by atoms with Gasteiger partial charge in [-0.15, -0.1) is 0 Å². The summed E-state index contributed by atoms with van der Waals surface area (Å²) in [5.74, 6) is 0.673. The number of aryl methyl sites for hydroxylation is 1. The van der Waals surface area contributed by atoms with Crippen LogP contribution in [-0.2, 0) is 13.0 Å². The van der Waals surface area contributed by atoms with Crippen molar-refractivity contribution in [1.82, 2.24) is 9.88 Å². The van der Waals surface area contributed by atoms with Gasteiger partial charge in [0.05, 0.1) is 12.3 Å². The monoisotopic (exact) mass is 533 g/mol. The van der Waals surface area contributed by atoms with Crippen LogP contribution >= 0.6 is 0 Å². The molecule has 200 valence electrons. The lowest BCUT2D eigenvalue weighted by Gasteiger charge is -2.37. The lowest BCUT2D eigenvalue weighted by molar-refractivity contribution is 0.0661. The Morgan fingerprint density at radius 2 is 1.82 bits per heavy atom. The van der Waals surface area contributed by atoms with Gasteiger partial charge < -0.3 is 23.8 Å². The van der Waals surface area contributed by atoms with Gasteiger partial charge >= 0.3 is 0 Å². The van der Waals surface area contributed by atoms with Crippen molar-refractivity contribution >= 4 is 17.5 Å². The topological polar surface area (TPSA) is 97.8 Å². The van der Waals surface area contributed by atoms with Gasteiger partial charge in [0.2, 0.25) is 5.89 Å². The fourth-order valence-corrected chi connectivity index (χ4v) is 4.90. The fraction of sp³-hybridized carbons (Fsp3) is 0.156. The molecule has 0 saturated heterocycles. The van der Waals surface area contributed by atoms with Gasteiger partial charge in [-0.1, -0.05) is 54.1 Å². The van der Waals surface area contributed by atoms with Gasteiger partial charge in [-0.2, -0.15) is 0 Å². The molecular formula is C32H27N3O5. The van der Waals surface area contributed by atoms with Gasteiger partial charge in [0.15, 0.2) is 18.1 Å². The molecule has 1 atom stereocenters. The molecule has 8 heteroatoms. The van der Waals surface area contributed by atoms with Crippen LogP contribution < -0.4 is 10.1 Å². The molecule has 3 heterocycles. The normalized spacial score (nSPS) is 14.4. The molecule has 3 aromatic carbocycles. The Morgan fingerprint density at radius 1 is 1.00 bits per heavy atom. The molecular weight excluding hydrogens is 506 g/mol. The number of furan rings is 1. The van der Waals surface area contributed by atoms with Gasteiger partial charge in [0, 0.05) is 12.2 Å². The van der Waals surface area contributed by atoms with E-state index in [1.54, 1.807) is 12.1 Å². The van der Waals surface area contributed by atoms with Crippen molar-refractivity contribution in [2.75, 3.05) is 11.9 Å². The predicted molar refractivity (Wildman–Crippen MR) is 148 cm³/mol. The van der Waals surface area contributed by atoms with Crippen LogP contribution in [0.1, 0.15) is 55.2 Å². The third kappa shape index (κ3) is 5.24. The number of rotatable bonds is 7. The first-order valence-electron chi connectivity index (χ1n) is 13.0. The van der Waals surface area contributed by atoms with E-state index >= 15 is 0 Å². The van der Waals surface area contributed by atoms with E-state index in [0.29, 0.717) is 30.2 Å². The average molecular weight is 534 g/mol. The average Bonchev–Trinajstić information content (AvgIpc) is 3.70. The first kappa shape index (κ1) is 25.2. The molecule has 40 heavy (non-hydrogen) atoms. The molecule has 0 spiro atoms. The molecule has 0 fully saturated rings. The summed E-state index contributed by atoms with van der Waals surface area (Å²) in [6, 6.07) is 26.4. The number of oxazole rings is 1. The van der Waals surface area contributed by atoms with Crippen LogP contribution in [0.5, 0.6) is 5.75 Å². The lowest BCUT2D eigenvalue weighted by Crippen LogP contribution is -2.40. The molecule has 6 rings (SSSR count). The van der Waals surface area contributed by atoms with Gasteiger partial charge in [-0.05, 0) is 66.4 Å². The summed E-state index contributed by atoms with van der Waals surface area (Å²) in [6.45, 7) is 2.59. The number of carbonyl (C=O) groups excluding carboxylic acids is 2. The van der Waals surface area contributed by atoms with E-state index in [9.17, 15) is 9.59 Å². The molecule has 1 N–H and O–H groups in total. The molecule has 2 aromatic heterocycles. The Hall–Kier alpha value is -5.11. The third-order valence-electron chi connectivity index (χ3n) is 6.91. The van der Waals surface area contributed by atoms with Gasteiger partial charge in [-0.3, -0.25) is 9.59 Å². The number of amides is 2. The van der Waals surface area contributed by atoms with Crippen molar-refractivity contribution in [3.05, 3.63) is 137 Å². The molecule has 0 aliphatic carbocycles. The summed E-state index contributed by atoms with van der Waals surface area (Å²) >= 11 is 0. The number of aromatic nitrogens is 1. The quantitative estimate of drug-likeness (QED) is 0.268. The van der Waals surface area contributed by atoms with Crippen LogP contribution in [0.4, 0.5) is 5.69 Å². The summed E-state index contributed by atoms with van der Waals surface area (Å²) < 4.78 is 16.9. The van der Waals surface area contributed by atoms with Crippen LogP contribution in [0.2, 0.25) is 0 Å². The zero-order valence-electron chi connectivity index (χ0n) is 21.9. The molecule has 2 amide bonds. The zero-order valence-corrected chi connectivity index (χ0v) is 21.9. The van der Waals surface area contributed by atoms with E-state index in [-0.39, 0.29) is 36.0 Å². The fourth-order valence-electron chi connectivity index (χ4n) is 4.90. The maximum absolute atomic E-state index is 13.4. The summed E-state index contributed by atoms with van der Waals surface area (Å²) in [6.07, 6.45) is 3.54. The maximum Gasteiger partial charge on any atom is 0.290 e. The summed E-state index contributed by atoms with van der Waals surface area (Å²) in [4.78, 5) is 32.1. The first-order chi connectivity index (χ1) is 19.5. The zero-order chi connectivity index (χ0) is 27.5. The number of nitrogens with one attached hydrogen (secondary N) is 1. The number of hydrogen-bond donors (Lipinski definition) is 1. The molecule has 0 radical (unpaired) electrons. The largest absolute Gasteiger partial charge is 0.484 e. The second kappa shape index (κ2) is 10.9. The molecule has 8 nitrogen and oxygen atoms in total. The minimum absolute atomic E-state index is 0.0433. The Labute approximate surface area is 231 Å². The Bertz CT molecular complexity index is 1630. The molecule has 0 bridgehead atoms. The lowest BCUT2D eigenvalue weighted by atomic mass is 9.87. The number of ether oxygens (including phenoxy) is 1. The number of carbonyl (C=O) groups is 2. The highest BCUT2D eigenvalue weighted by Gasteiger charge is 2.34. The van der Waals surface area contributed by atoms with Crippen molar-refractivity contribution in [2.45, 2.75) is 26.0 Å². The van der Waals surface area contributed by atoms with Crippen molar-refractivity contribution in [3.63, 3.8) is 0 Å². The van der Waals surface area contributed by atoms with Crippen LogP contribution in [-0.4, -0.2) is 28.2 Å². The third-order valence-corrected chi connectivity index (χ3v) is 6.91. The molecule has 0 unspecified atom stereocenters. The highest BCUT2D eigenvalue weighted by Crippen LogP contribution is 2.38. The van der Waals surface area contributed by atoms with E-state index in [2.05, 4.69) is 10.3 Å².